The number of rotatable bonds is 9. The average molecular weight is 438 g/mol. The topological polar surface area (TPSA) is 30.5 Å². The molecule has 0 aliphatic heterocycles. The van der Waals surface area contributed by atoms with Gasteiger partial charge in [0.05, 0.1) is 13.7 Å². The fourth-order valence-electron chi connectivity index (χ4n) is 4.31. The Balaban J connectivity index is 1.37. The van der Waals surface area contributed by atoms with Gasteiger partial charge in [-0.15, -0.1) is 0 Å². The summed E-state index contributed by atoms with van der Waals surface area (Å²) < 4.78 is 11.6. The minimum Gasteiger partial charge on any atom is -0.497 e. The Kier molecular flexibility index (Phi) is 6.32. The zero-order chi connectivity index (χ0) is 22.6. The molecule has 4 aromatic carbocycles. The molecule has 1 saturated carbocycles. The molecule has 1 fully saturated rings. The van der Waals surface area contributed by atoms with E-state index in [2.05, 4.69) is 85.0 Å². The van der Waals surface area contributed by atoms with Crippen LogP contribution in [0.3, 0.4) is 0 Å². The van der Waals surface area contributed by atoms with E-state index in [0.717, 1.165) is 41.7 Å². The van der Waals surface area contributed by atoms with Crippen LogP contribution in [-0.2, 0) is 6.54 Å². The van der Waals surface area contributed by atoms with Crippen molar-refractivity contribution in [3.8, 4) is 22.6 Å². The van der Waals surface area contributed by atoms with Crippen LogP contribution in [0.2, 0.25) is 0 Å². The molecule has 0 amide bonds. The van der Waals surface area contributed by atoms with E-state index in [-0.39, 0.29) is 6.04 Å². The van der Waals surface area contributed by atoms with Crippen LogP contribution >= 0.6 is 0 Å². The quantitative estimate of drug-likeness (QED) is 0.301. The first-order valence-electron chi connectivity index (χ1n) is 11.8. The highest BCUT2D eigenvalue weighted by atomic mass is 16.5. The number of fused-ring (bicyclic) bond motifs is 1. The normalized spacial score (nSPS) is 14.2. The molecule has 0 bridgehead atoms. The molecular formula is C30H31NO2. The van der Waals surface area contributed by atoms with E-state index >= 15 is 0 Å². The van der Waals surface area contributed by atoms with Crippen LogP contribution in [-0.4, -0.2) is 13.7 Å². The Hall–Kier alpha value is -3.30. The van der Waals surface area contributed by atoms with Crippen LogP contribution in [0.4, 0.5) is 0 Å². The summed E-state index contributed by atoms with van der Waals surface area (Å²) in [6, 6.07) is 30.2. The van der Waals surface area contributed by atoms with Crippen molar-refractivity contribution in [3.63, 3.8) is 0 Å². The summed E-state index contributed by atoms with van der Waals surface area (Å²) in [5.74, 6) is 2.54. The van der Waals surface area contributed by atoms with Gasteiger partial charge in [-0.05, 0) is 77.4 Å². The highest BCUT2D eigenvalue weighted by Crippen LogP contribution is 2.35. The Morgan fingerprint density at radius 1 is 0.909 bits per heavy atom. The number of hydrogen-bond acceptors (Lipinski definition) is 3. The maximum absolute atomic E-state index is 6.22. The average Bonchev–Trinajstić information content (AvgIpc) is 3.70. The van der Waals surface area contributed by atoms with Crippen LogP contribution < -0.4 is 14.8 Å². The summed E-state index contributed by atoms with van der Waals surface area (Å²) in [6.07, 6.45) is 2.57. The third kappa shape index (κ3) is 5.04. The van der Waals surface area contributed by atoms with Crippen molar-refractivity contribution in [2.75, 3.05) is 13.7 Å². The molecule has 168 valence electrons. The second-order valence-electron chi connectivity index (χ2n) is 8.98. The first kappa shape index (κ1) is 21.5. The second kappa shape index (κ2) is 9.68. The molecule has 1 N–H and O–H groups in total. The molecule has 4 aromatic rings. The third-order valence-electron chi connectivity index (χ3n) is 6.52. The Morgan fingerprint density at radius 2 is 1.70 bits per heavy atom. The smallest absolute Gasteiger partial charge is 0.127 e. The molecule has 5 rings (SSSR count). The summed E-state index contributed by atoms with van der Waals surface area (Å²) in [4.78, 5) is 0. The lowest BCUT2D eigenvalue weighted by Crippen LogP contribution is -2.18. The van der Waals surface area contributed by atoms with E-state index in [1.54, 1.807) is 7.11 Å². The molecule has 1 aliphatic rings. The maximum Gasteiger partial charge on any atom is 0.127 e. The summed E-state index contributed by atoms with van der Waals surface area (Å²) in [7, 11) is 1.70. The molecule has 3 nitrogen and oxygen atoms in total. The number of nitrogens with one attached hydrogen (secondary N) is 1. The second-order valence-corrected chi connectivity index (χ2v) is 8.98. The molecule has 1 aliphatic carbocycles. The predicted molar refractivity (Wildman–Crippen MR) is 136 cm³/mol. The minimum atomic E-state index is 0.242. The number of hydrogen-bond donors (Lipinski definition) is 1. The summed E-state index contributed by atoms with van der Waals surface area (Å²) in [6.45, 7) is 3.83. The zero-order valence-corrected chi connectivity index (χ0v) is 19.4. The Bertz CT molecular complexity index is 1220. The van der Waals surface area contributed by atoms with E-state index in [0.29, 0.717) is 0 Å². The lowest BCUT2D eigenvalue weighted by Gasteiger charge is -2.18. The molecule has 0 aromatic heterocycles. The lowest BCUT2D eigenvalue weighted by molar-refractivity contribution is 0.301. The van der Waals surface area contributed by atoms with E-state index in [9.17, 15) is 0 Å². The van der Waals surface area contributed by atoms with Gasteiger partial charge in [0.25, 0.3) is 0 Å². The SMILES string of the molecule is COc1ccc(-c2cc(CN[C@H](C)c3cccc4ccccc34)ccc2OCC2CC2)cc1. The summed E-state index contributed by atoms with van der Waals surface area (Å²) in [5.41, 5.74) is 4.85. The summed E-state index contributed by atoms with van der Waals surface area (Å²) in [5, 5.41) is 6.31. The molecule has 0 saturated heterocycles. The van der Waals surface area contributed by atoms with Gasteiger partial charge in [-0.25, -0.2) is 0 Å². The van der Waals surface area contributed by atoms with Crippen molar-refractivity contribution >= 4 is 10.8 Å². The molecule has 1 atom stereocenters. The van der Waals surface area contributed by atoms with Gasteiger partial charge in [0, 0.05) is 18.2 Å². The van der Waals surface area contributed by atoms with Crippen LogP contribution in [0.5, 0.6) is 11.5 Å². The predicted octanol–water partition coefficient (Wildman–Crippen LogP) is 7.16. The molecule has 33 heavy (non-hydrogen) atoms. The minimum absolute atomic E-state index is 0.242. The number of ether oxygens (including phenoxy) is 2. The lowest BCUT2D eigenvalue weighted by atomic mass is 9.99. The molecule has 0 spiro atoms. The third-order valence-corrected chi connectivity index (χ3v) is 6.52. The van der Waals surface area contributed by atoms with E-state index in [1.165, 1.54) is 34.7 Å². The fraction of sp³-hybridized carbons (Fsp3) is 0.267. The van der Waals surface area contributed by atoms with Gasteiger partial charge in [0.2, 0.25) is 0 Å². The van der Waals surface area contributed by atoms with E-state index in [4.69, 9.17) is 9.47 Å². The molecule has 0 heterocycles. The summed E-state index contributed by atoms with van der Waals surface area (Å²) >= 11 is 0. The number of benzene rings is 4. The molecule has 0 unspecified atom stereocenters. The van der Waals surface area contributed by atoms with Gasteiger partial charge in [0.15, 0.2) is 0 Å². The van der Waals surface area contributed by atoms with Crippen molar-refractivity contribution in [2.45, 2.75) is 32.4 Å². The van der Waals surface area contributed by atoms with Crippen molar-refractivity contribution in [3.05, 3.63) is 96.1 Å². The van der Waals surface area contributed by atoms with Crippen molar-refractivity contribution < 1.29 is 9.47 Å². The van der Waals surface area contributed by atoms with Gasteiger partial charge in [-0.2, -0.15) is 0 Å². The monoisotopic (exact) mass is 437 g/mol. The fourth-order valence-corrected chi connectivity index (χ4v) is 4.31. The zero-order valence-electron chi connectivity index (χ0n) is 19.4. The van der Waals surface area contributed by atoms with Crippen LogP contribution in [0.1, 0.15) is 36.9 Å². The van der Waals surface area contributed by atoms with E-state index < -0.39 is 0 Å². The van der Waals surface area contributed by atoms with Gasteiger partial charge in [-0.1, -0.05) is 60.7 Å². The van der Waals surface area contributed by atoms with E-state index in [1.807, 2.05) is 12.1 Å². The first-order chi connectivity index (χ1) is 16.2. The van der Waals surface area contributed by atoms with Gasteiger partial charge < -0.3 is 14.8 Å². The van der Waals surface area contributed by atoms with Gasteiger partial charge >= 0.3 is 0 Å². The van der Waals surface area contributed by atoms with Crippen LogP contribution in [0, 0.1) is 5.92 Å². The largest absolute Gasteiger partial charge is 0.497 e. The van der Waals surface area contributed by atoms with Gasteiger partial charge in [-0.3, -0.25) is 0 Å². The van der Waals surface area contributed by atoms with Crippen LogP contribution in [0.15, 0.2) is 84.9 Å². The molecule has 0 radical (unpaired) electrons. The van der Waals surface area contributed by atoms with Crippen molar-refractivity contribution in [2.24, 2.45) is 5.92 Å². The number of methoxy groups -OCH3 is 1. The first-order valence-corrected chi connectivity index (χ1v) is 11.8. The van der Waals surface area contributed by atoms with Gasteiger partial charge in [0.1, 0.15) is 11.5 Å². The standard InChI is InChI=1S/C30H31NO2/c1-21(27-9-5-7-24-6-3-4-8-28(24)27)31-19-23-12-17-30(33-20-22-10-11-22)29(18-23)25-13-15-26(32-2)16-14-25/h3-9,12-18,21-22,31H,10-11,19-20H2,1-2H3/t21-/m1/s1. The Morgan fingerprint density at radius 3 is 2.48 bits per heavy atom. The highest BCUT2D eigenvalue weighted by molar-refractivity contribution is 5.86. The van der Waals surface area contributed by atoms with Crippen molar-refractivity contribution in [1.29, 1.82) is 0 Å². The van der Waals surface area contributed by atoms with Crippen LogP contribution in [0.25, 0.3) is 21.9 Å². The van der Waals surface area contributed by atoms with Crippen molar-refractivity contribution in [1.82, 2.24) is 5.32 Å². The molecule has 3 heteroatoms. The maximum atomic E-state index is 6.22. The highest BCUT2D eigenvalue weighted by Gasteiger charge is 2.22. The Labute approximate surface area is 196 Å². The molecular weight excluding hydrogens is 406 g/mol.